The first-order valence-electron chi connectivity index (χ1n) is 5.34. The van der Waals surface area contributed by atoms with Gasteiger partial charge in [-0.05, 0) is 42.3 Å². The van der Waals surface area contributed by atoms with Gasteiger partial charge >= 0.3 is 0 Å². The SMILES string of the molecule is Cc1ccc(SC(=O)/C=C/C(C)(C)C)cc1. The molecule has 1 aromatic rings. The van der Waals surface area contributed by atoms with Crippen LogP contribution in [0.3, 0.4) is 0 Å². The normalized spacial score (nSPS) is 12.0. The van der Waals surface area contributed by atoms with Gasteiger partial charge in [0.15, 0.2) is 0 Å². The van der Waals surface area contributed by atoms with Gasteiger partial charge < -0.3 is 0 Å². The Kier molecular flexibility index (Phi) is 4.36. The highest BCUT2D eigenvalue weighted by Crippen LogP contribution is 2.21. The number of hydrogen-bond donors (Lipinski definition) is 0. The Labute approximate surface area is 102 Å². The second-order valence-electron chi connectivity index (χ2n) is 4.93. The number of rotatable bonds is 2. The maximum atomic E-state index is 11.6. The van der Waals surface area contributed by atoms with Crippen LogP contribution in [0.4, 0.5) is 0 Å². The Morgan fingerprint density at radius 2 is 1.75 bits per heavy atom. The van der Waals surface area contributed by atoms with E-state index in [2.05, 4.69) is 20.8 Å². The van der Waals surface area contributed by atoms with Crippen molar-refractivity contribution in [1.29, 1.82) is 0 Å². The van der Waals surface area contributed by atoms with Crippen molar-refractivity contribution in [3.05, 3.63) is 42.0 Å². The van der Waals surface area contributed by atoms with Gasteiger partial charge in [-0.15, -0.1) is 0 Å². The average molecular weight is 234 g/mol. The van der Waals surface area contributed by atoms with Crippen molar-refractivity contribution in [3.63, 3.8) is 0 Å². The van der Waals surface area contributed by atoms with Crippen LogP contribution in [0.2, 0.25) is 0 Å². The molecule has 0 N–H and O–H groups in total. The predicted molar refractivity (Wildman–Crippen MR) is 70.6 cm³/mol. The zero-order valence-electron chi connectivity index (χ0n) is 10.3. The lowest BCUT2D eigenvalue weighted by Gasteiger charge is -2.10. The summed E-state index contributed by atoms with van der Waals surface area (Å²) < 4.78 is 0. The van der Waals surface area contributed by atoms with Crippen LogP contribution in [-0.2, 0) is 4.79 Å². The minimum atomic E-state index is 0.0590. The summed E-state index contributed by atoms with van der Waals surface area (Å²) in [6.45, 7) is 8.27. The summed E-state index contributed by atoms with van der Waals surface area (Å²) in [5, 5.41) is 0.0822. The third-order valence-corrected chi connectivity index (χ3v) is 2.80. The Hall–Kier alpha value is -1.02. The highest BCUT2D eigenvalue weighted by molar-refractivity contribution is 8.14. The fourth-order valence-electron chi connectivity index (χ4n) is 1.07. The van der Waals surface area contributed by atoms with Gasteiger partial charge in [0.2, 0.25) is 5.12 Å². The molecule has 0 fully saturated rings. The van der Waals surface area contributed by atoms with Crippen molar-refractivity contribution in [2.45, 2.75) is 32.6 Å². The molecular weight excluding hydrogens is 216 g/mol. The number of hydrogen-bond acceptors (Lipinski definition) is 2. The monoisotopic (exact) mass is 234 g/mol. The van der Waals surface area contributed by atoms with E-state index in [9.17, 15) is 4.79 Å². The summed E-state index contributed by atoms with van der Waals surface area (Å²) in [6, 6.07) is 7.98. The van der Waals surface area contributed by atoms with E-state index >= 15 is 0 Å². The molecule has 0 radical (unpaired) electrons. The standard InChI is InChI=1S/C14H18OS/c1-11-5-7-12(8-6-11)16-13(15)9-10-14(2,3)4/h5-10H,1-4H3/b10-9+. The molecule has 0 saturated heterocycles. The smallest absolute Gasteiger partial charge is 0.216 e. The molecule has 0 unspecified atom stereocenters. The van der Waals surface area contributed by atoms with Crippen molar-refractivity contribution >= 4 is 16.9 Å². The highest BCUT2D eigenvalue weighted by Gasteiger charge is 2.06. The number of benzene rings is 1. The fraction of sp³-hybridized carbons (Fsp3) is 0.357. The van der Waals surface area contributed by atoms with Gasteiger partial charge in [0.25, 0.3) is 0 Å². The molecule has 16 heavy (non-hydrogen) atoms. The van der Waals surface area contributed by atoms with Gasteiger partial charge in [0.1, 0.15) is 0 Å². The van der Waals surface area contributed by atoms with Crippen LogP contribution in [0.1, 0.15) is 26.3 Å². The molecule has 0 aliphatic carbocycles. The first-order chi connectivity index (χ1) is 7.37. The highest BCUT2D eigenvalue weighted by atomic mass is 32.2. The number of carbonyl (C=O) groups excluding carboxylic acids is 1. The van der Waals surface area contributed by atoms with Gasteiger partial charge in [-0.25, -0.2) is 0 Å². The Morgan fingerprint density at radius 3 is 2.25 bits per heavy atom. The molecule has 0 saturated carbocycles. The quantitative estimate of drug-likeness (QED) is 0.563. The summed E-state index contributed by atoms with van der Waals surface area (Å²) >= 11 is 1.27. The van der Waals surface area contributed by atoms with Crippen LogP contribution in [0, 0.1) is 12.3 Å². The maximum absolute atomic E-state index is 11.6. The maximum Gasteiger partial charge on any atom is 0.216 e. The van der Waals surface area contributed by atoms with E-state index in [0.29, 0.717) is 0 Å². The molecule has 0 aliphatic heterocycles. The summed E-state index contributed by atoms with van der Waals surface area (Å²) in [7, 11) is 0. The second kappa shape index (κ2) is 5.35. The summed E-state index contributed by atoms with van der Waals surface area (Å²) in [5.74, 6) is 0. The number of carbonyl (C=O) groups is 1. The van der Waals surface area contributed by atoms with E-state index in [1.165, 1.54) is 17.3 Å². The van der Waals surface area contributed by atoms with E-state index in [1.807, 2.05) is 37.3 Å². The van der Waals surface area contributed by atoms with Crippen molar-refractivity contribution in [2.75, 3.05) is 0 Å². The fourth-order valence-corrected chi connectivity index (χ4v) is 1.72. The summed E-state index contributed by atoms with van der Waals surface area (Å²) in [6.07, 6.45) is 3.60. The van der Waals surface area contributed by atoms with Gasteiger partial charge in [0.05, 0.1) is 0 Å². The van der Waals surface area contributed by atoms with Crippen molar-refractivity contribution in [3.8, 4) is 0 Å². The minimum Gasteiger partial charge on any atom is -0.282 e. The van der Waals surface area contributed by atoms with Crippen molar-refractivity contribution in [1.82, 2.24) is 0 Å². The van der Waals surface area contributed by atoms with Crippen molar-refractivity contribution in [2.24, 2.45) is 5.41 Å². The van der Waals surface area contributed by atoms with E-state index in [0.717, 1.165) is 4.90 Å². The lowest BCUT2D eigenvalue weighted by Crippen LogP contribution is -1.99. The number of thioether (sulfide) groups is 1. The largest absolute Gasteiger partial charge is 0.282 e. The Morgan fingerprint density at radius 1 is 1.19 bits per heavy atom. The van der Waals surface area contributed by atoms with Gasteiger partial charge in [0, 0.05) is 4.90 Å². The average Bonchev–Trinajstić information content (AvgIpc) is 2.18. The number of allylic oxidation sites excluding steroid dienone is 1. The first kappa shape index (κ1) is 13.0. The Balaban J connectivity index is 2.59. The zero-order chi connectivity index (χ0) is 12.2. The second-order valence-corrected chi connectivity index (χ2v) is 6.01. The van der Waals surface area contributed by atoms with Crippen LogP contribution in [0.25, 0.3) is 0 Å². The molecule has 0 spiro atoms. The molecule has 0 aliphatic rings. The van der Waals surface area contributed by atoms with Crippen molar-refractivity contribution < 1.29 is 4.79 Å². The van der Waals surface area contributed by atoms with E-state index in [-0.39, 0.29) is 10.5 Å². The molecule has 0 bridgehead atoms. The van der Waals surface area contributed by atoms with Gasteiger partial charge in [-0.3, -0.25) is 4.79 Å². The van der Waals surface area contributed by atoms with E-state index in [4.69, 9.17) is 0 Å². The minimum absolute atomic E-state index is 0.0590. The topological polar surface area (TPSA) is 17.1 Å². The van der Waals surface area contributed by atoms with Crippen LogP contribution in [0.15, 0.2) is 41.3 Å². The van der Waals surface area contributed by atoms with Crippen LogP contribution in [-0.4, -0.2) is 5.12 Å². The lowest BCUT2D eigenvalue weighted by atomic mass is 9.97. The molecule has 0 heterocycles. The molecule has 86 valence electrons. The third kappa shape index (κ3) is 5.17. The Bertz CT molecular complexity index is 382. The predicted octanol–water partition coefficient (Wildman–Crippen LogP) is 4.22. The molecule has 0 amide bonds. The molecular formula is C14H18OS. The molecule has 1 rings (SSSR count). The zero-order valence-corrected chi connectivity index (χ0v) is 11.1. The van der Waals surface area contributed by atoms with E-state index in [1.54, 1.807) is 6.08 Å². The van der Waals surface area contributed by atoms with Gasteiger partial charge in [-0.2, -0.15) is 0 Å². The summed E-state index contributed by atoms with van der Waals surface area (Å²) in [5.41, 5.74) is 1.27. The molecule has 0 atom stereocenters. The van der Waals surface area contributed by atoms with Crippen LogP contribution >= 0.6 is 11.8 Å². The van der Waals surface area contributed by atoms with E-state index < -0.39 is 0 Å². The molecule has 1 nitrogen and oxygen atoms in total. The summed E-state index contributed by atoms with van der Waals surface area (Å²) in [4.78, 5) is 12.6. The molecule has 2 heteroatoms. The van der Waals surface area contributed by atoms with Crippen LogP contribution < -0.4 is 0 Å². The van der Waals surface area contributed by atoms with Crippen LogP contribution in [0.5, 0.6) is 0 Å². The third-order valence-electron chi connectivity index (χ3n) is 1.96. The first-order valence-corrected chi connectivity index (χ1v) is 6.16. The molecule has 0 aromatic heterocycles. The number of aryl methyl sites for hydroxylation is 1. The molecule has 1 aromatic carbocycles. The lowest BCUT2D eigenvalue weighted by molar-refractivity contribution is -0.107. The van der Waals surface area contributed by atoms with Gasteiger partial charge in [-0.1, -0.05) is 44.5 Å².